The third-order valence-electron chi connectivity index (χ3n) is 9.53. The summed E-state index contributed by atoms with van der Waals surface area (Å²) in [6.07, 6.45) is 1.34. The number of esters is 1. The average Bonchev–Trinajstić information content (AvgIpc) is 3.63. The van der Waals surface area contributed by atoms with Crippen LogP contribution in [0.25, 0.3) is 10.2 Å². The molecule has 0 fully saturated rings. The van der Waals surface area contributed by atoms with Gasteiger partial charge in [0.25, 0.3) is 5.91 Å². The van der Waals surface area contributed by atoms with Gasteiger partial charge in [0.2, 0.25) is 0 Å². The Hall–Kier alpha value is -2.95. The number of nitrogens with zero attached hydrogens (tertiary/aromatic N) is 4. The first-order valence-electron chi connectivity index (χ1n) is 17.5. The topological polar surface area (TPSA) is 95.2 Å². The maximum atomic E-state index is 14.0. The number of hydrogen-bond donors (Lipinski definition) is 0. The number of amides is 1. The molecule has 2 aromatic heterocycles. The quantitative estimate of drug-likeness (QED) is 0.0768. The van der Waals surface area contributed by atoms with Crippen LogP contribution in [-0.4, -0.2) is 64.2 Å². The standard InChI is InChI=1S/C37H52N4O5S2Si2/c1-10-45-34(43)32-31(19-21-46-50(8,9)37(2,3)4)48-35(38-32)40-20-18-26-14-13-15-27(28(26)24-40)33(42)39-36-41(25-44-22-23-49(5,6)7)29-16-11-12-17-30(29)47-36/h11-17H,10,18-25H2,1-9H3/b39-36-. The van der Waals surface area contributed by atoms with Gasteiger partial charge in [-0.15, -0.1) is 11.3 Å². The molecule has 9 nitrogen and oxygen atoms in total. The lowest BCUT2D eigenvalue weighted by Crippen LogP contribution is -2.41. The van der Waals surface area contributed by atoms with Gasteiger partial charge in [-0.25, -0.2) is 9.78 Å². The van der Waals surface area contributed by atoms with Crippen molar-refractivity contribution in [3.63, 3.8) is 0 Å². The van der Waals surface area contributed by atoms with Crippen molar-refractivity contribution in [1.29, 1.82) is 0 Å². The van der Waals surface area contributed by atoms with Crippen molar-refractivity contribution in [3.05, 3.63) is 74.5 Å². The lowest BCUT2D eigenvalue weighted by molar-refractivity contribution is 0.0519. The molecule has 3 heterocycles. The first-order chi connectivity index (χ1) is 23.6. The third kappa shape index (κ3) is 9.09. The van der Waals surface area contributed by atoms with E-state index in [9.17, 15) is 9.59 Å². The predicted octanol–water partition coefficient (Wildman–Crippen LogP) is 8.52. The van der Waals surface area contributed by atoms with Crippen molar-refractivity contribution in [3.8, 4) is 0 Å². The first kappa shape index (κ1) is 38.3. The zero-order valence-corrected chi connectivity index (χ0v) is 34.7. The zero-order valence-electron chi connectivity index (χ0n) is 31.1. The molecule has 1 aliphatic heterocycles. The summed E-state index contributed by atoms with van der Waals surface area (Å²) in [5.74, 6) is -0.688. The van der Waals surface area contributed by atoms with Crippen LogP contribution in [-0.2, 0) is 40.0 Å². The molecule has 50 heavy (non-hydrogen) atoms. The molecule has 0 aliphatic carbocycles. The Bertz CT molecular complexity index is 1900. The van der Waals surface area contributed by atoms with Crippen LogP contribution in [0.1, 0.15) is 64.5 Å². The minimum atomic E-state index is -1.95. The minimum Gasteiger partial charge on any atom is -0.461 e. The summed E-state index contributed by atoms with van der Waals surface area (Å²) in [6.45, 7) is 23.0. The summed E-state index contributed by atoms with van der Waals surface area (Å²) < 4.78 is 21.0. The van der Waals surface area contributed by atoms with Crippen molar-refractivity contribution in [2.24, 2.45) is 4.99 Å². The second-order valence-electron chi connectivity index (χ2n) is 15.5. The maximum absolute atomic E-state index is 14.0. The van der Waals surface area contributed by atoms with Gasteiger partial charge in [0.1, 0.15) is 6.73 Å². The summed E-state index contributed by atoms with van der Waals surface area (Å²) in [7, 11) is -3.18. The molecule has 270 valence electrons. The van der Waals surface area contributed by atoms with E-state index in [-0.39, 0.29) is 17.6 Å². The highest BCUT2D eigenvalue weighted by Crippen LogP contribution is 2.37. The number of carbonyl (C=O) groups excluding carboxylic acids is 2. The molecule has 5 rings (SSSR count). The van der Waals surface area contributed by atoms with Crippen molar-refractivity contribution >= 4 is 66.3 Å². The molecule has 0 radical (unpaired) electrons. The molecular weight excluding hydrogens is 701 g/mol. The van der Waals surface area contributed by atoms with Crippen molar-refractivity contribution in [2.45, 2.75) is 97.6 Å². The molecule has 1 amide bonds. The fraction of sp³-hybridized carbons (Fsp3) is 0.514. The largest absolute Gasteiger partial charge is 0.461 e. The number of carbonyl (C=O) groups is 2. The van der Waals surface area contributed by atoms with Gasteiger partial charge in [0.05, 0.1) is 16.8 Å². The van der Waals surface area contributed by atoms with Gasteiger partial charge in [-0.2, -0.15) is 4.99 Å². The highest BCUT2D eigenvalue weighted by atomic mass is 32.1. The highest BCUT2D eigenvalue weighted by Gasteiger charge is 2.37. The molecule has 13 heteroatoms. The second kappa shape index (κ2) is 15.7. The number of ether oxygens (including phenoxy) is 2. The summed E-state index contributed by atoms with van der Waals surface area (Å²) >= 11 is 3.01. The first-order valence-corrected chi connectivity index (χ1v) is 25.7. The van der Waals surface area contributed by atoms with Crippen LogP contribution in [0, 0.1) is 0 Å². The Morgan fingerprint density at radius 3 is 2.48 bits per heavy atom. The van der Waals surface area contributed by atoms with E-state index < -0.39 is 22.4 Å². The number of hydrogen-bond acceptors (Lipinski definition) is 9. The second-order valence-corrected chi connectivity index (χ2v) is 28.0. The van der Waals surface area contributed by atoms with Crippen molar-refractivity contribution in [1.82, 2.24) is 9.55 Å². The molecule has 0 bridgehead atoms. The van der Waals surface area contributed by atoms with E-state index in [0.29, 0.717) is 49.0 Å². The molecule has 0 spiro atoms. The number of thiazole rings is 2. The van der Waals surface area contributed by atoms with Crippen LogP contribution >= 0.6 is 22.7 Å². The Morgan fingerprint density at radius 1 is 1.00 bits per heavy atom. The third-order valence-corrected chi connectivity index (χ3v) is 18.0. The Balaban J connectivity index is 1.41. The lowest BCUT2D eigenvalue weighted by Gasteiger charge is -2.36. The minimum absolute atomic E-state index is 0.0941. The fourth-order valence-corrected chi connectivity index (χ4v) is 9.35. The van der Waals surface area contributed by atoms with E-state index >= 15 is 0 Å². The fourth-order valence-electron chi connectivity index (χ4n) is 5.48. The van der Waals surface area contributed by atoms with E-state index in [1.807, 2.05) is 34.9 Å². The average molecular weight is 753 g/mol. The number of aromatic nitrogens is 2. The molecule has 0 saturated heterocycles. The van der Waals surface area contributed by atoms with Gasteiger partial charge in [0, 0.05) is 51.2 Å². The van der Waals surface area contributed by atoms with Gasteiger partial charge in [0.15, 0.2) is 23.9 Å². The van der Waals surface area contributed by atoms with Gasteiger partial charge >= 0.3 is 5.97 Å². The predicted molar refractivity (Wildman–Crippen MR) is 210 cm³/mol. The summed E-state index contributed by atoms with van der Waals surface area (Å²) in [6, 6.07) is 15.1. The van der Waals surface area contributed by atoms with Gasteiger partial charge in [-0.3, -0.25) is 9.36 Å². The van der Waals surface area contributed by atoms with E-state index in [0.717, 1.165) is 50.4 Å². The SMILES string of the molecule is CCOC(=O)c1nc(N2CCc3cccc(C(=O)/N=c4\sc5ccccc5n4COCC[Si](C)(C)C)c3C2)sc1CCO[Si](C)(C)C(C)(C)C. The van der Waals surface area contributed by atoms with Crippen LogP contribution in [0.2, 0.25) is 43.8 Å². The van der Waals surface area contributed by atoms with Crippen molar-refractivity contribution in [2.75, 3.05) is 31.3 Å². The zero-order chi connectivity index (χ0) is 36.3. The monoisotopic (exact) mass is 752 g/mol. The molecular formula is C37H52N4O5S2Si2. The molecule has 0 unspecified atom stereocenters. The van der Waals surface area contributed by atoms with E-state index in [2.05, 4.69) is 70.5 Å². The maximum Gasteiger partial charge on any atom is 0.358 e. The van der Waals surface area contributed by atoms with Crippen LogP contribution in [0.3, 0.4) is 0 Å². The number of anilines is 1. The molecule has 1 aliphatic rings. The molecule has 0 saturated carbocycles. The highest BCUT2D eigenvalue weighted by molar-refractivity contribution is 7.16. The van der Waals surface area contributed by atoms with Crippen LogP contribution < -0.4 is 9.70 Å². The molecule has 0 N–H and O–H groups in total. The van der Waals surface area contributed by atoms with Crippen LogP contribution in [0.15, 0.2) is 47.5 Å². The summed E-state index contributed by atoms with van der Waals surface area (Å²) in [5.41, 5.74) is 4.02. The number of para-hydroxylation sites is 1. The Morgan fingerprint density at radius 2 is 1.76 bits per heavy atom. The summed E-state index contributed by atoms with van der Waals surface area (Å²) in [4.78, 5) is 40.2. The van der Waals surface area contributed by atoms with E-state index in [1.54, 1.807) is 6.92 Å². The lowest BCUT2D eigenvalue weighted by atomic mass is 9.95. The Labute approximate surface area is 306 Å². The molecule has 4 aromatic rings. The van der Waals surface area contributed by atoms with E-state index in [1.165, 1.54) is 22.7 Å². The molecule has 2 aromatic carbocycles. The van der Waals surface area contributed by atoms with Gasteiger partial charge in [-0.05, 0) is 66.8 Å². The summed E-state index contributed by atoms with van der Waals surface area (Å²) in [5, 5.41) is 0.842. The number of fused-ring (bicyclic) bond motifs is 2. The number of benzene rings is 2. The normalized spacial score (nSPS) is 14.3. The number of rotatable bonds is 13. The van der Waals surface area contributed by atoms with Crippen molar-refractivity contribution < 1.29 is 23.5 Å². The van der Waals surface area contributed by atoms with Crippen LogP contribution in [0.4, 0.5) is 5.13 Å². The molecule has 0 atom stereocenters. The van der Waals surface area contributed by atoms with Crippen LogP contribution in [0.5, 0.6) is 0 Å². The Kier molecular flexibility index (Phi) is 12.1. The van der Waals surface area contributed by atoms with Gasteiger partial charge < -0.3 is 18.8 Å². The van der Waals surface area contributed by atoms with E-state index in [4.69, 9.17) is 23.9 Å². The van der Waals surface area contributed by atoms with Gasteiger partial charge in [-0.1, -0.05) is 76.0 Å². The smallest absolute Gasteiger partial charge is 0.358 e.